The summed E-state index contributed by atoms with van der Waals surface area (Å²) in [6, 6.07) is 5.80. The first-order valence-corrected chi connectivity index (χ1v) is 4.24. The molecule has 12 heavy (non-hydrogen) atoms. The lowest BCUT2D eigenvalue weighted by molar-refractivity contribution is 0.330. The monoisotopic (exact) mass is 181 g/mol. The van der Waals surface area contributed by atoms with Crippen LogP contribution in [-0.4, -0.2) is 5.37 Å². The topological polar surface area (TPSA) is 35.2 Å². The maximum Gasteiger partial charge on any atom is 0.158 e. The van der Waals surface area contributed by atoms with Gasteiger partial charge in [-0.15, -0.1) is 0 Å². The van der Waals surface area contributed by atoms with E-state index >= 15 is 0 Å². The number of aryl methyl sites for hydroxylation is 1. The fourth-order valence-electron chi connectivity index (χ4n) is 1.12. The van der Waals surface area contributed by atoms with Crippen molar-refractivity contribution >= 4 is 17.6 Å². The van der Waals surface area contributed by atoms with Gasteiger partial charge < -0.3 is 4.84 Å². The summed E-state index contributed by atoms with van der Waals surface area (Å²) in [6.45, 7) is 2.05. The van der Waals surface area contributed by atoms with E-state index in [0.717, 1.165) is 17.5 Å². The van der Waals surface area contributed by atoms with E-state index in [-0.39, 0.29) is 0 Å². The molecule has 1 aromatic carbocycles. The van der Waals surface area contributed by atoms with Crippen LogP contribution in [-0.2, 0) is 6.42 Å². The molecular formula is C9H11NOS. The SMILES string of the molecule is CCc1cccc(C=S)c1ON. The predicted molar refractivity (Wildman–Crippen MR) is 53.4 cm³/mol. The Labute approximate surface area is 77.3 Å². The van der Waals surface area contributed by atoms with Crippen molar-refractivity contribution in [3.05, 3.63) is 29.3 Å². The number of para-hydroxylation sites is 1. The van der Waals surface area contributed by atoms with E-state index in [0.29, 0.717) is 5.75 Å². The average molecular weight is 181 g/mol. The van der Waals surface area contributed by atoms with Gasteiger partial charge in [-0.3, -0.25) is 0 Å². The van der Waals surface area contributed by atoms with Crippen LogP contribution in [0.25, 0.3) is 0 Å². The summed E-state index contributed by atoms with van der Waals surface area (Å²) in [5.74, 6) is 5.83. The second kappa shape index (κ2) is 4.18. The molecule has 0 unspecified atom stereocenters. The standard InChI is InChI=1S/C9H11NOS/c1-2-7-4-3-5-8(6-12)9(7)11-10/h3-6H,2,10H2,1H3. The van der Waals surface area contributed by atoms with Crippen LogP contribution in [0, 0.1) is 0 Å². The summed E-state index contributed by atoms with van der Waals surface area (Å²) in [6.07, 6.45) is 0.892. The molecule has 2 nitrogen and oxygen atoms in total. The smallest absolute Gasteiger partial charge is 0.158 e. The fraction of sp³-hybridized carbons (Fsp3) is 0.222. The minimum Gasteiger partial charge on any atom is -0.411 e. The van der Waals surface area contributed by atoms with Crippen molar-refractivity contribution in [2.75, 3.05) is 0 Å². The quantitative estimate of drug-likeness (QED) is 0.571. The zero-order valence-electron chi connectivity index (χ0n) is 6.91. The summed E-state index contributed by atoms with van der Waals surface area (Å²) in [7, 11) is 0. The molecule has 0 aliphatic carbocycles. The van der Waals surface area contributed by atoms with Crippen molar-refractivity contribution in [3.63, 3.8) is 0 Å². The number of benzene rings is 1. The third-order valence-electron chi connectivity index (χ3n) is 1.75. The van der Waals surface area contributed by atoms with Gasteiger partial charge in [0, 0.05) is 10.9 Å². The van der Waals surface area contributed by atoms with Gasteiger partial charge in [-0.05, 0) is 12.0 Å². The summed E-state index contributed by atoms with van der Waals surface area (Å²) in [5.41, 5.74) is 1.95. The highest BCUT2D eigenvalue weighted by atomic mass is 32.1. The second-order valence-electron chi connectivity index (χ2n) is 2.42. The average Bonchev–Trinajstić information content (AvgIpc) is 2.16. The summed E-state index contributed by atoms with van der Waals surface area (Å²) in [4.78, 5) is 4.76. The van der Waals surface area contributed by atoms with Gasteiger partial charge in [-0.25, -0.2) is 0 Å². The van der Waals surface area contributed by atoms with Crippen molar-refractivity contribution in [2.24, 2.45) is 5.90 Å². The third kappa shape index (κ3) is 1.62. The minimum atomic E-state index is 0.690. The number of nitrogens with two attached hydrogens (primary N) is 1. The molecule has 0 spiro atoms. The van der Waals surface area contributed by atoms with Crippen LogP contribution in [0.15, 0.2) is 18.2 Å². The van der Waals surface area contributed by atoms with Gasteiger partial charge in [0.2, 0.25) is 0 Å². The molecule has 0 saturated carbocycles. The Bertz CT molecular complexity index is 286. The highest BCUT2D eigenvalue weighted by molar-refractivity contribution is 7.79. The molecule has 0 aliphatic heterocycles. The number of hydrogen-bond acceptors (Lipinski definition) is 3. The van der Waals surface area contributed by atoms with Crippen LogP contribution in [0.1, 0.15) is 18.1 Å². The zero-order valence-corrected chi connectivity index (χ0v) is 7.73. The molecular weight excluding hydrogens is 170 g/mol. The number of thiocarbonyl (C=S) groups is 1. The molecule has 3 heteroatoms. The van der Waals surface area contributed by atoms with Gasteiger partial charge in [0.1, 0.15) is 0 Å². The fourth-order valence-corrected chi connectivity index (χ4v) is 1.31. The highest BCUT2D eigenvalue weighted by Crippen LogP contribution is 2.21. The van der Waals surface area contributed by atoms with E-state index in [9.17, 15) is 0 Å². The van der Waals surface area contributed by atoms with Gasteiger partial charge >= 0.3 is 0 Å². The van der Waals surface area contributed by atoms with E-state index in [1.165, 1.54) is 0 Å². The molecule has 1 aromatic rings. The van der Waals surface area contributed by atoms with Crippen molar-refractivity contribution < 1.29 is 4.84 Å². The Kier molecular flexibility index (Phi) is 3.19. The maximum absolute atomic E-state index is 5.14. The highest BCUT2D eigenvalue weighted by Gasteiger charge is 2.04. The van der Waals surface area contributed by atoms with Crippen LogP contribution in [0.4, 0.5) is 0 Å². The maximum atomic E-state index is 5.14. The van der Waals surface area contributed by atoms with Crippen molar-refractivity contribution in [2.45, 2.75) is 13.3 Å². The normalized spacial score (nSPS) is 9.50. The Hall–Kier alpha value is -0.930. The molecule has 0 amide bonds. The van der Waals surface area contributed by atoms with Crippen LogP contribution >= 0.6 is 12.2 Å². The number of rotatable bonds is 3. The van der Waals surface area contributed by atoms with Gasteiger partial charge in [-0.1, -0.05) is 37.3 Å². The molecule has 0 radical (unpaired) electrons. The molecule has 0 bridgehead atoms. The lowest BCUT2D eigenvalue weighted by Crippen LogP contribution is -2.06. The molecule has 2 N–H and O–H groups in total. The van der Waals surface area contributed by atoms with Crippen molar-refractivity contribution in [1.29, 1.82) is 0 Å². The Morgan fingerprint density at radius 3 is 2.83 bits per heavy atom. The van der Waals surface area contributed by atoms with Gasteiger partial charge in [-0.2, -0.15) is 5.90 Å². The van der Waals surface area contributed by atoms with Crippen molar-refractivity contribution in [3.8, 4) is 5.75 Å². The van der Waals surface area contributed by atoms with Gasteiger partial charge in [0.25, 0.3) is 0 Å². The Morgan fingerprint density at radius 2 is 2.33 bits per heavy atom. The van der Waals surface area contributed by atoms with E-state index in [1.54, 1.807) is 5.37 Å². The van der Waals surface area contributed by atoms with E-state index in [2.05, 4.69) is 0 Å². The molecule has 0 aliphatic rings. The van der Waals surface area contributed by atoms with E-state index in [4.69, 9.17) is 23.0 Å². The van der Waals surface area contributed by atoms with E-state index < -0.39 is 0 Å². The van der Waals surface area contributed by atoms with E-state index in [1.807, 2.05) is 25.1 Å². The Balaban J connectivity index is 3.21. The number of hydrogen-bond donors (Lipinski definition) is 1. The van der Waals surface area contributed by atoms with Crippen molar-refractivity contribution in [1.82, 2.24) is 0 Å². The minimum absolute atomic E-state index is 0.690. The van der Waals surface area contributed by atoms with Crippen LogP contribution < -0.4 is 10.7 Å². The summed E-state index contributed by atoms with van der Waals surface area (Å²) >= 11 is 4.82. The third-order valence-corrected chi connectivity index (χ3v) is 2.01. The first-order valence-electron chi connectivity index (χ1n) is 3.77. The van der Waals surface area contributed by atoms with Crippen LogP contribution in [0.5, 0.6) is 5.75 Å². The Morgan fingerprint density at radius 1 is 1.58 bits per heavy atom. The first kappa shape index (κ1) is 9.16. The predicted octanol–water partition coefficient (Wildman–Crippen LogP) is 1.85. The molecule has 1 rings (SSSR count). The lowest BCUT2D eigenvalue weighted by atomic mass is 10.1. The van der Waals surface area contributed by atoms with Crippen LogP contribution in [0.3, 0.4) is 0 Å². The van der Waals surface area contributed by atoms with Gasteiger partial charge in [0.05, 0.1) is 0 Å². The molecule has 64 valence electrons. The molecule has 0 heterocycles. The molecule has 0 saturated heterocycles. The molecule has 0 aromatic heterocycles. The zero-order chi connectivity index (χ0) is 8.97. The second-order valence-corrected chi connectivity index (χ2v) is 2.66. The summed E-state index contributed by atoms with van der Waals surface area (Å²) in [5, 5.41) is 1.57. The largest absolute Gasteiger partial charge is 0.411 e. The summed E-state index contributed by atoms with van der Waals surface area (Å²) < 4.78 is 0. The molecule has 0 atom stereocenters. The molecule has 0 fully saturated rings. The van der Waals surface area contributed by atoms with Gasteiger partial charge in [0.15, 0.2) is 5.75 Å². The lowest BCUT2D eigenvalue weighted by Gasteiger charge is -2.07. The first-order chi connectivity index (χ1) is 5.83. The van der Waals surface area contributed by atoms with Crippen LogP contribution in [0.2, 0.25) is 0 Å².